The van der Waals surface area contributed by atoms with E-state index in [9.17, 15) is 4.79 Å². The van der Waals surface area contributed by atoms with E-state index in [4.69, 9.17) is 4.42 Å². The fourth-order valence-electron chi connectivity index (χ4n) is 2.77. The molecule has 1 aromatic carbocycles. The second kappa shape index (κ2) is 5.69. The number of likely N-dealkylation sites (N-methyl/N-ethyl adjacent to an activating group) is 1. The van der Waals surface area contributed by atoms with E-state index >= 15 is 0 Å². The van der Waals surface area contributed by atoms with Gasteiger partial charge in [-0.15, -0.1) is 0 Å². The van der Waals surface area contributed by atoms with E-state index in [-0.39, 0.29) is 11.9 Å². The molecule has 0 unspecified atom stereocenters. The van der Waals surface area contributed by atoms with Crippen molar-refractivity contribution in [2.45, 2.75) is 13.0 Å². The third-order valence-corrected chi connectivity index (χ3v) is 3.98. The molecule has 3 rings (SSSR count). The number of hydrogen-bond donors (Lipinski definition) is 0. The number of oxazole rings is 1. The molecule has 0 radical (unpaired) electrons. The van der Waals surface area contributed by atoms with E-state index in [1.54, 1.807) is 6.92 Å². The van der Waals surface area contributed by atoms with Crippen molar-refractivity contribution in [2.24, 2.45) is 0 Å². The molecule has 0 bridgehead atoms. The van der Waals surface area contributed by atoms with Gasteiger partial charge in [0.1, 0.15) is 5.76 Å². The number of carbonyl (C=O) groups excluding carboxylic acids is 1. The van der Waals surface area contributed by atoms with E-state index < -0.39 is 0 Å². The zero-order valence-corrected chi connectivity index (χ0v) is 12.3. The Morgan fingerprint density at radius 3 is 2.71 bits per heavy atom. The quantitative estimate of drug-likeness (QED) is 0.848. The zero-order valence-electron chi connectivity index (χ0n) is 12.3. The maximum Gasteiger partial charge on any atom is 0.276 e. The van der Waals surface area contributed by atoms with Gasteiger partial charge in [-0.05, 0) is 19.5 Å². The van der Waals surface area contributed by atoms with Crippen LogP contribution < -0.4 is 0 Å². The molecule has 0 saturated carbocycles. The molecule has 1 amide bonds. The lowest BCUT2D eigenvalue weighted by atomic mass is 10.0. The Hall–Kier alpha value is -2.14. The molecule has 110 valence electrons. The summed E-state index contributed by atoms with van der Waals surface area (Å²) >= 11 is 0. The molecule has 5 nitrogen and oxygen atoms in total. The molecular weight excluding hydrogens is 266 g/mol. The summed E-state index contributed by atoms with van der Waals surface area (Å²) in [5.41, 5.74) is 1.57. The molecule has 2 heterocycles. The van der Waals surface area contributed by atoms with Crippen LogP contribution in [-0.4, -0.2) is 47.4 Å². The van der Waals surface area contributed by atoms with Crippen LogP contribution in [0, 0.1) is 6.92 Å². The Balaban J connectivity index is 1.91. The fourth-order valence-corrected chi connectivity index (χ4v) is 2.77. The van der Waals surface area contributed by atoms with Crippen LogP contribution in [0.4, 0.5) is 0 Å². The minimum atomic E-state index is -0.0526. The summed E-state index contributed by atoms with van der Waals surface area (Å²) in [6.07, 6.45) is 1.33. The number of aromatic nitrogens is 1. The van der Waals surface area contributed by atoms with Gasteiger partial charge < -0.3 is 14.2 Å². The van der Waals surface area contributed by atoms with Gasteiger partial charge in [-0.25, -0.2) is 4.98 Å². The highest BCUT2D eigenvalue weighted by Crippen LogP contribution is 2.26. The molecule has 1 fully saturated rings. The molecule has 0 N–H and O–H groups in total. The normalized spacial score (nSPS) is 19.7. The molecule has 21 heavy (non-hydrogen) atoms. The van der Waals surface area contributed by atoms with Crippen LogP contribution in [0.15, 0.2) is 41.1 Å². The number of carbonyl (C=O) groups is 1. The number of aryl methyl sites for hydroxylation is 1. The van der Waals surface area contributed by atoms with Crippen LogP contribution >= 0.6 is 0 Å². The molecule has 2 aromatic rings. The van der Waals surface area contributed by atoms with Crippen molar-refractivity contribution in [1.82, 2.24) is 14.8 Å². The zero-order chi connectivity index (χ0) is 14.8. The largest absolute Gasteiger partial charge is 0.448 e. The fraction of sp³-hybridized carbons (Fsp3) is 0.375. The third-order valence-electron chi connectivity index (χ3n) is 3.98. The van der Waals surface area contributed by atoms with Crippen LogP contribution in [0.5, 0.6) is 0 Å². The first-order valence-corrected chi connectivity index (χ1v) is 7.11. The average molecular weight is 285 g/mol. The summed E-state index contributed by atoms with van der Waals surface area (Å²) < 4.78 is 5.17. The minimum absolute atomic E-state index is 0.0496. The van der Waals surface area contributed by atoms with Gasteiger partial charge in [0.25, 0.3) is 5.91 Å². The summed E-state index contributed by atoms with van der Waals surface area (Å²) in [5.74, 6) is 0.522. The van der Waals surface area contributed by atoms with Crippen molar-refractivity contribution < 1.29 is 9.21 Å². The molecule has 5 heteroatoms. The van der Waals surface area contributed by atoms with E-state index in [2.05, 4.69) is 29.1 Å². The number of nitrogens with zero attached hydrogens (tertiary/aromatic N) is 3. The molecule has 1 atom stereocenters. The van der Waals surface area contributed by atoms with E-state index in [0.717, 1.165) is 18.7 Å². The molecule has 0 spiro atoms. The highest BCUT2D eigenvalue weighted by Gasteiger charge is 2.32. The average Bonchev–Trinajstić information content (AvgIpc) is 2.93. The molecular formula is C16H19N3O2. The molecule has 1 aromatic heterocycles. The van der Waals surface area contributed by atoms with Crippen LogP contribution in [0.3, 0.4) is 0 Å². The van der Waals surface area contributed by atoms with Crippen molar-refractivity contribution in [2.75, 3.05) is 26.7 Å². The first-order chi connectivity index (χ1) is 10.2. The topological polar surface area (TPSA) is 49.6 Å². The van der Waals surface area contributed by atoms with Gasteiger partial charge >= 0.3 is 0 Å². The second-order valence-corrected chi connectivity index (χ2v) is 5.44. The standard InChI is InChI=1S/C16H19N3O2/c1-12-15(17-11-21-12)16(20)19-9-8-18(2)10-14(19)13-6-4-3-5-7-13/h3-7,11,14H,8-10H2,1-2H3/t14-/m0/s1. The minimum Gasteiger partial charge on any atom is -0.448 e. The Kier molecular flexibility index (Phi) is 3.75. The summed E-state index contributed by atoms with van der Waals surface area (Å²) in [7, 11) is 2.08. The van der Waals surface area contributed by atoms with Gasteiger partial charge in [0, 0.05) is 19.6 Å². The van der Waals surface area contributed by atoms with Gasteiger partial charge in [-0.1, -0.05) is 30.3 Å². The monoisotopic (exact) mass is 285 g/mol. The van der Waals surface area contributed by atoms with E-state index in [1.165, 1.54) is 6.39 Å². The number of amides is 1. The second-order valence-electron chi connectivity index (χ2n) is 5.44. The Morgan fingerprint density at radius 1 is 1.29 bits per heavy atom. The third kappa shape index (κ3) is 2.69. The van der Waals surface area contributed by atoms with Crippen molar-refractivity contribution in [3.8, 4) is 0 Å². The van der Waals surface area contributed by atoms with Gasteiger partial charge in [0.2, 0.25) is 0 Å². The van der Waals surface area contributed by atoms with E-state index in [0.29, 0.717) is 18.0 Å². The lowest BCUT2D eigenvalue weighted by molar-refractivity contribution is 0.0491. The highest BCUT2D eigenvalue weighted by molar-refractivity contribution is 5.93. The maximum absolute atomic E-state index is 12.8. The SMILES string of the molecule is Cc1ocnc1C(=O)N1CCN(C)C[C@H]1c1ccccc1. The van der Waals surface area contributed by atoms with Crippen LogP contribution in [-0.2, 0) is 0 Å². The predicted molar refractivity (Wildman–Crippen MR) is 79.0 cm³/mol. The first kappa shape index (κ1) is 13.8. The molecule has 1 aliphatic rings. The van der Waals surface area contributed by atoms with Crippen molar-refractivity contribution in [3.63, 3.8) is 0 Å². The van der Waals surface area contributed by atoms with Crippen molar-refractivity contribution in [1.29, 1.82) is 0 Å². The van der Waals surface area contributed by atoms with Crippen LogP contribution in [0.2, 0.25) is 0 Å². The predicted octanol–water partition coefficient (Wildman–Crippen LogP) is 2.11. The summed E-state index contributed by atoms with van der Waals surface area (Å²) in [6, 6.07) is 10.2. The Morgan fingerprint density at radius 2 is 2.05 bits per heavy atom. The smallest absolute Gasteiger partial charge is 0.276 e. The lowest BCUT2D eigenvalue weighted by Gasteiger charge is -2.40. The maximum atomic E-state index is 12.8. The summed E-state index contributed by atoms with van der Waals surface area (Å²) in [6.45, 7) is 4.16. The first-order valence-electron chi connectivity index (χ1n) is 7.11. The molecule has 1 aliphatic heterocycles. The Labute approximate surface area is 124 Å². The summed E-state index contributed by atoms with van der Waals surface area (Å²) in [5, 5.41) is 0. The lowest BCUT2D eigenvalue weighted by Crippen LogP contribution is -2.49. The molecule has 1 saturated heterocycles. The van der Waals surface area contributed by atoms with Gasteiger partial charge in [-0.2, -0.15) is 0 Å². The van der Waals surface area contributed by atoms with Crippen LogP contribution in [0.1, 0.15) is 27.9 Å². The number of hydrogen-bond acceptors (Lipinski definition) is 4. The van der Waals surface area contributed by atoms with Gasteiger partial charge in [0.15, 0.2) is 12.1 Å². The summed E-state index contributed by atoms with van der Waals surface area (Å²) in [4.78, 5) is 21.0. The number of rotatable bonds is 2. The highest BCUT2D eigenvalue weighted by atomic mass is 16.3. The van der Waals surface area contributed by atoms with Crippen LogP contribution in [0.25, 0.3) is 0 Å². The van der Waals surface area contributed by atoms with E-state index in [1.807, 2.05) is 23.1 Å². The van der Waals surface area contributed by atoms with Gasteiger partial charge in [0.05, 0.1) is 6.04 Å². The number of piperazine rings is 1. The van der Waals surface area contributed by atoms with Gasteiger partial charge in [-0.3, -0.25) is 4.79 Å². The Bertz CT molecular complexity index is 623. The van der Waals surface area contributed by atoms with Crippen molar-refractivity contribution >= 4 is 5.91 Å². The van der Waals surface area contributed by atoms with Crippen molar-refractivity contribution in [3.05, 3.63) is 53.7 Å². The number of benzene rings is 1. The molecule has 0 aliphatic carbocycles.